The highest BCUT2D eigenvalue weighted by Crippen LogP contribution is 2.28. The smallest absolute Gasteiger partial charge is 0.320 e. The number of nitrogens with zero attached hydrogens (tertiary/aromatic N) is 2. The molecule has 0 unspecified atom stereocenters. The van der Waals surface area contributed by atoms with Crippen molar-refractivity contribution in [3.63, 3.8) is 0 Å². The molecule has 2 aromatic rings. The van der Waals surface area contributed by atoms with Crippen molar-refractivity contribution in [3.8, 4) is 0 Å². The van der Waals surface area contributed by atoms with Crippen LogP contribution in [0.25, 0.3) is 10.8 Å². The summed E-state index contributed by atoms with van der Waals surface area (Å²) >= 11 is 0. The molecule has 0 aromatic heterocycles. The molecule has 4 N–H and O–H groups in total. The number of aliphatic carboxylic acids is 1. The summed E-state index contributed by atoms with van der Waals surface area (Å²) in [7, 11) is 1.42. The monoisotopic (exact) mass is 482 g/mol. The second-order valence-electron chi connectivity index (χ2n) is 9.20. The number of likely N-dealkylation sites (N-methyl/N-ethyl adjacent to an activating group) is 1. The highest BCUT2D eigenvalue weighted by Gasteiger charge is 2.37. The van der Waals surface area contributed by atoms with Gasteiger partial charge >= 0.3 is 5.97 Å². The maximum Gasteiger partial charge on any atom is 0.320 e. The van der Waals surface area contributed by atoms with Crippen LogP contribution in [-0.2, 0) is 14.4 Å². The Balaban J connectivity index is 1.75. The lowest BCUT2D eigenvalue weighted by molar-refractivity contribution is -0.141. The molecule has 10 heteroatoms. The van der Waals surface area contributed by atoms with Gasteiger partial charge < -0.3 is 15.7 Å². The van der Waals surface area contributed by atoms with E-state index in [9.17, 15) is 29.1 Å². The Morgan fingerprint density at radius 3 is 2.03 bits per heavy atom. The molecule has 1 aliphatic heterocycles. The van der Waals surface area contributed by atoms with Crippen molar-refractivity contribution < 1.29 is 29.1 Å². The third-order valence-electron chi connectivity index (χ3n) is 5.95. The lowest BCUT2D eigenvalue weighted by Gasteiger charge is -2.28. The minimum atomic E-state index is -1.22. The highest BCUT2D eigenvalue weighted by atomic mass is 16.4. The van der Waals surface area contributed by atoms with Gasteiger partial charge in [0.25, 0.3) is 11.8 Å². The van der Waals surface area contributed by atoms with E-state index in [2.05, 4.69) is 5.32 Å². The maximum atomic E-state index is 12.9. The number of fused-ring (bicyclic) bond motifs is 2. The van der Waals surface area contributed by atoms with E-state index in [-0.39, 0.29) is 36.6 Å². The Morgan fingerprint density at radius 2 is 1.57 bits per heavy atom. The first-order valence-electron chi connectivity index (χ1n) is 11.4. The number of rotatable bonds is 11. The zero-order chi connectivity index (χ0) is 25.9. The number of carbonyl (C=O) groups is 5. The summed E-state index contributed by atoms with van der Waals surface area (Å²) in [6, 6.07) is 8.64. The van der Waals surface area contributed by atoms with Crippen molar-refractivity contribution in [1.29, 1.82) is 0 Å². The summed E-state index contributed by atoms with van der Waals surface area (Å²) in [6.07, 6.45) is 0.229. The quantitative estimate of drug-likeness (QED) is 0.408. The summed E-state index contributed by atoms with van der Waals surface area (Å²) in [6.45, 7) is 3.34. The van der Waals surface area contributed by atoms with Gasteiger partial charge in [-0.1, -0.05) is 38.1 Å². The van der Waals surface area contributed by atoms with E-state index in [1.807, 2.05) is 38.1 Å². The molecule has 35 heavy (non-hydrogen) atoms. The molecule has 4 amide bonds. The number of nitrogens with two attached hydrogens (primary N) is 1. The van der Waals surface area contributed by atoms with Crippen molar-refractivity contribution in [2.75, 3.05) is 20.1 Å². The molecule has 0 aliphatic carbocycles. The average molecular weight is 483 g/mol. The predicted molar refractivity (Wildman–Crippen MR) is 129 cm³/mol. The fourth-order valence-corrected chi connectivity index (χ4v) is 4.25. The van der Waals surface area contributed by atoms with Gasteiger partial charge in [0.05, 0.1) is 23.7 Å². The Kier molecular flexibility index (Phi) is 7.85. The number of carboxylic acid groups (broad SMARTS) is 1. The van der Waals surface area contributed by atoms with E-state index in [0.29, 0.717) is 6.42 Å². The molecule has 0 saturated heterocycles. The van der Waals surface area contributed by atoms with Gasteiger partial charge in [0.1, 0.15) is 6.04 Å². The van der Waals surface area contributed by atoms with Gasteiger partial charge in [0.2, 0.25) is 11.8 Å². The van der Waals surface area contributed by atoms with Crippen LogP contribution >= 0.6 is 0 Å². The van der Waals surface area contributed by atoms with Crippen LogP contribution in [0.15, 0.2) is 36.4 Å². The van der Waals surface area contributed by atoms with Crippen LogP contribution in [0.3, 0.4) is 0 Å². The molecule has 0 fully saturated rings. The van der Waals surface area contributed by atoms with E-state index in [1.165, 1.54) is 7.05 Å². The summed E-state index contributed by atoms with van der Waals surface area (Å²) < 4.78 is 0. The topological polar surface area (TPSA) is 150 Å². The molecule has 3 rings (SSSR count). The first-order chi connectivity index (χ1) is 16.5. The van der Waals surface area contributed by atoms with Crippen LogP contribution in [-0.4, -0.2) is 76.7 Å². The van der Waals surface area contributed by atoms with E-state index < -0.39 is 41.7 Å². The van der Waals surface area contributed by atoms with Crippen LogP contribution in [0, 0.1) is 5.92 Å². The number of imide groups is 1. The Morgan fingerprint density at radius 1 is 1.03 bits per heavy atom. The number of hydrogen-bond donors (Lipinski definition) is 3. The van der Waals surface area contributed by atoms with Crippen LogP contribution in [0.1, 0.15) is 47.4 Å². The first kappa shape index (κ1) is 25.8. The second-order valence-corrected chi connectivity index (χ2v) is 9.20. The third kappa shape index (κ3) is 5.83. The lowest BCUT2D eigenvalue weighted by Crippen LogP contribution is -2.53. The van der Waals surface area contributed by atoms with Gasteiger partial charge in [-0.2, -0.15) is 0 Å². The summed E-state index contributed by atoms with van der Waals surface area (Å²) in [5.74, 6) is -3.26. The fraction of sp³-hybridized carbons (Fsp3) is 0.400. The second kappa shape index (κ2) is 10.6. The summed E-state index contributed by atoms with van der Waals surface area (Å²) in [4.78, 5) is 64.1. The van der Waals surface area contributed by atoms with Crippen molar-refractivity contribution in [3.05, 3.63) is 47.5 Å². The number of benzene rings is 2. The predicted octanol–water partition coefficient (Wildman–Crippen LogP) is 1.23. The SMILES string of the molecule is CC(C)C[C@H](N[C@H](CCN1C(=O)c2cc3ccccc3cc2C1=O)C(=O)O)C(=O)N(C)CC(N)=O. The van der Waals surface area contributed by atoms with E-state index in [0.717, 1.165) is 20.6 Å². The van der Waals surface area contributed by atoms with E-state index >= 15 is 0 Å². The Labute approximate surface area is 203 Å². The molecule has 0 bridgehead atoms. The molecular weight excluding hydrogens is 452 g/mol. The number of nitrogens with one attached hydrogen (secondary N) is 1. The van der Waals surface area contributed by atoms with Gasteiger partial charge in [-0.05, 0) is 41.7 Å². The third-order valence-corrected chi connectivity index (χ3v) is 5.95. The minimum absolute atomic E-state index is 0.0539. The van der Waals surface area contributed by atoms with Crippen LogP contribution in [0.2, 0.25) is 0 Å². The Bertz CT molecular complexity index is 1120. The largest absolute Gasteiger partial charge is 0.480 e. The average Bonchev–Trinajstić information content (AvgIpc) is 3.02. The fourth-order valence-electron chi connectivity index (χ4n) is 4.25. The van der Waals surface area contributed by atoms with E-state index in [4.69, 9.17) is 5.73 Å². The lowest BCUT2D eigenvalue weighted by atomic mass is 10.0. The normalized spacial score (nSPS) is 14.8. The minimum Gasteiger partial charge on any atom is -0.480 e. The molecule has 0 spiro atoms. The zero-order valence-electron chi connectivity index (χ0n) is 20.0. The summed E-state index contributed by atoms with van der Waals surface area (Å²) in [5, 5.41) is 14.3. The van der Waals surface area contributed by atoms with Crippen LogP contribution < -0.4 is 11.1 Å². The molecule has 2 atom stereocenters. The number of carbonyl (C=O) groups excluding carboxylic acids is 4. The molecule has 0 saturated carbocycles. The molecule has 186 valence electrons. The summed E-state index contributed by atoms with van der Waals surface area (Å²) in [5.41, 5.74) is 5.75. The number of hydrogen-bond acceptors (Lipinski definition) is 6. The highest BCUT2D eigenvalue weighted by molar-refractivity contribution is 6.23. The molecule has 10 nitrogen and oxygen atoms in total. The number of primary amides is 1. The van der Waals surface area contributed by atoms with Crippen molar-refractivity contribution >= 4 is 40.4 Å². The number of amides is 4. The molecule has 0 radical (unpaired) electrons. The van der Waals surface area contributed by atoms with E-state index in [1.54, 1.807) is 12.1 Å². The molecule has 2 aromatic carbocycles. The Hall–Kier alpha value is -3.79. The molecule has 1 aliphatic rings. The first-order valence-corrected chi connectivity index (χ1v) is 11.4. The van der Waals surface area contributed by atoms with Gasteiger partial charge in [-0.25, -0.2) is 0 Å². The maximum absolute atomic E-state index is 12.9. The number of carboxylic acids is 1. The standard InChI is InChI=1S/C25H30N4O6/c1-14(2)10-20(24(33)28(3)13-21(26)30)27-19(25(34)35)8-9-29-22(31)17-11-15-6-4-5-7-16(15)12-18(17)23(29)32/h4-7,11-12,14,19-20,27H,8-10,13H2,1-3H3,(H2,26,30)(H,34,35)/t19-,20+/m1/s1. The van der Waals surface area contributed by atoms with Gasteiger partial charge in [0, 0.05) is 13.6 Å². The van der Waals surface area contributed by atoms with Crippen molar-refractivity contribution in [2.45, 2.75) is 38.8 Å². The van der Waals surface area contributed by atoms with Crippen molar-refractivity contribution in [1.82, 2.24) is 15.1 Å². The molecular formula is C25H30N4O6. The molecule has 1 heterocycles. The van der Waals surface area contributed by atoms with Crippen LogP contribution in [0.4, 0.5) is 0 Å². The van der Waals surface area contributed by atoms with Gasteiger partial charge in [0.15, 0.2) is 0 Å². The van der Waals surface area contributed by atoms with Gasteiger partial charge in [-0.3, -0.25) is 34.2 Å². The van der Waals surface area contributed by atoms with Crippen LogP contribution in [0.5, 0.6) is 0 Å². The van der Waals surface area contributed by atoms with Crippen molar-refractivity contribution in [2.24, 2.45) is 11.7 Å². The zero-order valence-corrected chi connectivity index (χ0v) is 20.0. The van der Waals surface area contributed by atoms with Gasteiger partial charge in [-0.15, -0.1) is 0 Å².